The van der Waals surface area contributed by atoms with Gasteiger partial charge in [-0.25, -0.2) is 9.18 Å². The second kappa shape index (κ2) is 8.47. The van der Waals surface area contributed by atoms with Crippen LogP contribution in [0.25, 0.3) is 0 Å². The number of urea groups is 1. The molecule has 4 atom stereocenters. The number of benzene rings is 1. The molecular weight excluding hydrogens is 425 g/mol. The fourth-order valence-corrected chi connectivity index (χ4v) is 5.84. The number of hydrogen-bond donors (Lipinski definition) is 1. The van der Waals surface area contributed by atoms with E-state index in [4.69, 9.17) is 21.1 Å². The number of carbonyl (C=O) groups excluding carboxylic acids is 2. The van der Waals surface area contributed by atoms with Crippen molar-refractivity contribution in [2.24, 2.45) is 17.8 Å². The van der Waals surface area contributed by atoms with Gasteiger partial charge in [-0.15, -0.1) is 0 Å². The van der Waals surface area contributed by atoms with Gasteiger partial charge in [0.1, 0.15) is 18.2 Å². The fourth-order valence-electron chi connectivity index (χ4n) is 5.62. The summed E-state index contributed by atoms with van der Waals surface area (Å²) in [6.07, 6.45) is 2.90. The van der Waals surface area contributed by atoms with Gasteiger partial charge in [-0.3, -0.25) is 4.79 Å². The van der Waals surface area contributed by atoms with Crippen molar-refractivity contribution in [2.75, 3.05) is 39.4 Å². The van der Waals surface area contributed by atoms with Crippen molar-refractivity contribution in [1.29, 1.82) is 0 Å². The molecule has 3 aliphatic heterocycles. The Balaban J connectivity index is 1.18. The summed E-state index contributed by atoms with van der Waals surface area (Å²) in [6, 6.07) is 4.10. The number of morpholine rings is 1. The molecule has 1 aliphatic carbocycles. The quantitative estimate of drug-likeness (QED) is 0.766. The lowest BCUT2D eigenvalue weighted by Gasteiger charge is -2.44. The maximum absolute atomic E-state index is 13.3. The molecular formula is C22H27ClFN3O4. The molecule has 5 rings (SSSR count). The molecule has 168 valence electrons. The van der Waals surface area contributed by atoms with Crippen LogP contribution in [0, 0.1) is 23.6 Å². The van der Waals surface area contributed by atoms with Crippen molar-refractivity contribution >= 4 is 23.5 Å². The average molecular weight is 452 g/mol. The number of amides is 3. The number of fused-ring (bicyclic) bond motifs is 3. The van der Waals surface area contributed by atoms with Crippen LogP contribution in [0.5, 0.6) is 5.75 Å². The average Bonchev–Trinajstić information content (AvgIpc) is 2.99. The summed E-state index contributed by atoms with van der Waals surface area (Å²) in [5, 5.41) is 3.24. The molecule has 0 radical (unpaired) electrons. The van der Waals surface area contributed by atoms with Gasteiger partial charge in [0.15, 0.2) is 0 Å². The smallest absolute Gasteiger partial charge is 0.320 e. The molecule has 0 spiro atoms. The maximum atomic E-state index is 13.3. The number of nitrogens with zero attached hydrogens (tertiary/aromatic N) is 2. The van der Waals surface area contributed by atoms with E-state index in [0.717, 1.165) is 19.3 Å². The summed E-state index contributed by atoms with van der Waals surface area (Å²) in [6.45, 7) is 3.21. The summed E-state index contributed by atoms with van der Waals surface area (Å²) in [4.78, 5) is 28.7. The molecule has 9 heteroatoms. The summed E-state index contributed by atoms with van der Waals surface area (Å²) < 4.78 is 24.8. The zero-order chi connectivity index (χ0) is 21.5. The molecule has 0 aromatic heterocycles. The van der Waals surface area contributed by atoms with Crippen LogP contribution in [-0.2, 0) is 9.53 Å². The second-order valence-electron chi connectivity index (χ2n) is 9.09. The third kappa shape index (κ3) is 4.20. The van der Waals surface area contributed by atoms with Crippen molar-refractivity contribution in [3.8, 4) is 5.75 Å². The van der Waals surface area contributed by atoms with E-state index in [0.29, 0.717) is 56.3 Å². The fraction of sp³-hybridized carbons (Fsp3) is 0.636. The SMILES string of the molecule is O=C1CO[C@H]2CCN(C(=O)N3CC4CCC(C3)C4COc3ccc(F)cc3Cl)C[C@H]2N1. The Hall–Kier alpha value is -2.06. The van der Waals surface area contributed by atoms with E-state index in [1.807, 2.05) is 9.80 Å². The van der Waals surface area contributed by atoms with E-state index in [9.17, 15) is 14.0 Å². The van der Waals surface area contributed by atoms with Crippen LogP contribution in [0.1, 0.15) is 19.3 Å². The molecule has 1 N–H and O–H groups in total. The third-order valence-electron chi connectivity index (χ3n) is 7.22. The number of hydrogen-bond acceptors (Lipinski definition) is 4. The highest BCUT2D eigenvalue weighted by Crippen LogP contribution is 2.43. The van der Waals surface area contributed by atoms with Crippen LogP contribution in [0.4, 0.5) is 9.18 Å². The van der Waals surface area contributed by atoms with Gasteiger partial charge in [-0.2, -0.15) is 0 Å². The molecule has 4 aliphatic rings. The highest BCUT2D eigenvalue weighted by Gasteiger charge is 2.45. The van der Waals surface area contributed by atoms with Gasteiger partial charge in [0.05, 0.1) is 23.8 Å². The minimum atomic E-state index is -0.382. The van der Waals surface area contributed by atoms with Crippen molar-refractivity contribution < 1.29 is 23.5 Å². The van der Waals surface area contributed by atoms with Crippen LogP contribution < -0.4 is 10.1 Å². The van der Waals surface area contributed by atoms with Crippen LogP contribution >= 0.6 is 11.6 Å². The van der Waals surface area contributed by atoms with Gasteiger partial charge in [0, 0.05) is 32.1 Å². The monoisotopic (exact) mass is 451 g/mol. The predicted molar refractivity (Wildman–Crippen MR) is 111 cm³/mol. The second-order valence-corrected chi connectivity index (χ2v) is 9.50. The Morgan fingerprint density at radius 1 is 1.19 bits per heavy atom. The highest BCUT2D eigenvalue weighted by molar-refractivity contribution is 6.32. The number of rotatable bonds is 3. The normalized spacial score (nSPS) is 32.5. The molecule has 1 aromatic carbocycles. The molecule has 7 nitrogen and oxygen atoms in total. The van der Waals surface area contributed by atoms with E-state index in [-0.39, 0.29) is 41.5 Å². The minimum Gasteiger partial charge on any atom is -0.492 e. The molecule has 31 heavy (non-hydrogen) atoms. The number of carbonyl (C=O) groups is 2. The lowest BCUT2D eigenvalue weighted by atomic mass is 9.86. The number of ether oxygens (including phenoxy) is 2. The van der Waals surface area contributed by atoms with E-state index in [1.54, 1.807) is 6.07 Å². The highest BCUT2D eigenvalue weighted by atomic mass is 35.5. The summed E-state index contributed by atoms with van der Waals surface area (Å²) in [7, 11) is 0. The molecule has 2 bridgehead atoms. The first-order chi connectivity index (χ1) is 15.0. The number of nitrogens with one attached hydrogen (secondary N) is 1. The van der Waals surface area contributed by atoms with E-state index >= 15 is 0 Å². The number of piperidine rings is 2. The van der Waals surface area contributed by atoms with Gasteiger partial charge in [0.2, 0.25) is 5.91 Å². The van der Waals surface area contributed by atoms with E-state index < -0.39 is 0 Å². The molecule has 3 heterocycles. The van der Waals surface area contributed by atoms with Crippen molar-refractivity contribution in [3.05, 3.63) is 29.0 Å². The van der Waals surface area contributed by atoms with Gasteiger partial charge < -0.3 is 24.6 Å². The Kier molecular flexibility index (Phi) is 5.69. The molecule has 2 unspecified atom stereocenters. The van der Waals surface area contributed by atoms with Crippen molar-refractivity contribution in [1.82, 2.24) is 15.1 Å². The Morgan fingerprint density at radius 2 is 1.97 bits per heavy atom. The van der Waals surface area contributed by atoms with Gasteiger partial charge in [-0.1, -0.05) is 11.6 Å². The third-order valence-corrected chi connectivity index (χ3v) is 7.51. The van der Waals surface area contributed by atoms with E-state index in [2.05, 4.69) is 5.32 Å². The zero-order valence-electron chi connectivity index (χ0n) is 17.3. The van der Waals surface area contributed by atoms with Crippen LogP contribution in [0.15, 0.2) is 18.2 Å². The standard InChI is InChI=1S/C22H27ClFN3O4/c23-17-7-15(24)3-4-19(17)30-11-16-13-1-2-14(16)9-27(8-13)22(29)26-6-5-20-18(10-26)25-21(28)12-31-20/h3-4,7,13-14,16,18,20H,1-2,5-6,8-12H2,(H,25,28)/t13?,14?,16?,18-,20+/m1/s1. The van der Waals surface area contributed by atoms with Gasteiger partial charge in [-0.05, 0) is 49.3 Å². The maximum Gasteiger partial charge on any atom is 0.320 e. The Morgan fingerprint density at radius 3 is 2.71 bits per heavy atom. The van der Waals surface area contributed by atoms with Crippen molar-refractivity contribution in [2.45, 2.75) is 31.4 Å². The van der Waals surface area contributed by atoms with E-state index in [1.165, 1.54) is 12.1 Å². The summed E-state index contributed by atoms with van der Waals surface area (Å²) in [5.74, 6) is 1.14. The molecule has 4 fully saturated rings. The lowest BCUT2D eigenvalue weighted by molar-refractivity contribution is -0.139. The van der Waals surface area contributed by atoms with Gasteiger partial charge >= 0.3 is 6.03 Å². The molecule has 1 aromatic rings. The Bertz CT molecular complexity index is 857. The number of halogens is 2. The van der Waals surface area contributed by atoms with Gasteiger partial charge in [0.25, 0.3) is 0 Å². The number of likely N-dealkylation sites (tertiary alicyclic amines) is 2. The topological polar surface area (TPSA) is 71.1 Å². The first-order valence-corrected chi connectivity index (χ1v) is 11.4. The van der Waals surface area contributed by atoms with Crippen molar-refractivity contribution in [3.63, 3.8) is 0 Å². The first-order valence-electron chi connectivity index (χ1n) is 11.0. The zero-order valence-corrected chi connectivity index (χ0v) is 18.0. The first kappa shape index (κ1) is 20.8. The van der Waals surface area contributed by atoms with Crippen LogP contribution in [0.3, 0.4) is 0 Å². The molecule has 1 saturated carbocycles. The summed E-state index contributed by atoms with van der Waals surface area (Å²) >= 11 is 6.09. The van der Waals surface area contributed by atoms with Crippen LogP contribution in [-0.4, -0.2) is 73.3 Å². The minimum absolute atomic E-state index is 0.000832. The predicted octanol–water partition coefficient (Wildman–Crippen LogP) is 2.53. The van der Waals surface area contributed by atoms with Crippen LogP contribution in [0.2, 0.25) is 5.02 Å². The lowest BCUT2D eigenvalue weighted by Crippen LogP contribution is -2.63. The largest absolute Gasteiger partial charge is 0.492 e. The Labute approximate surface area is 185 Å². The molecule has 3 saturated heterocycles. The summed E-state index contributed by atoms with van der Waals surface area (Å²) in [5.41, 5.74) is 0. The molecule has 3 amide bonds.